The topological polar surface area (TPSA) is 105 Å². The van der Waals surface area contributed by atoms with Crippen LogP contribution in [0.2, 0.25) is 0 Å². The van der Waals surface area contributed by atoms with Crippen molar-refractivity contribution in [3.05, 3.63) is 185 Å². The molecule has 12 nitrogen and oxygen atoms in total. The van der Waals surface area contributed by atoms with Crippen LogP contribution in [-0.2, 0) is 45.1 Å². The van der Waals surface area contributed by atoms with Gasteiger partial charge in [0.25, 0.3) is 0 Å². The molecule has 2 N–H and O–H groups in total. The first-order valence-electron chi connectivity index (χ1n) is 28.5. The van der Waals surface area contributed by atoms with E-state index in [0.29, 0.717) is 39.5 Å². The first-order chi connectivity index (χ1) is 37.6. The fourth-order valence-electron chi connectivity index (χ4n) is 10.6. The lowest BCUT2D eigenvalue weighted by molar-refractivity contribution is -0.706. The van der Waals surface area contributed by atoms with Gasteiger partial charge in [0, 0.05) is 80.7 Å². The Bertz CT molecular complexity index is 3060. The molecule has 0 aromatic carbocycles. The fourth-order valence-corrected chi connectivity index (χ4v) is 10.6. The average molecular weight is 1030 g/mol. The number of aromatic amines is 1. The number of ether oxygens (including phenoxy) is 4. The number of rotatable bonds is 28. The third kappa shape index (κ3) is 13.4. The van der Waals surface area contributed by atoms with Crippen LogP contribution in [0.5, 0.6) is 0 Å². The van der Waals surface area contributed by atoms with E-state index in [1.54, 1.807) is 0 Å². The maximum absolute atomic E-state index is 6.20. The van der Waals surface area contributed by atoms with Gasteiger partial charge < -0.3 is 29.2 Å². The molecule has 5 aromatic rings. The number of nitrogens with zero attached hydrogens (tertiary/aromatic N) is 6. The Labute approximate surface area is 451 Å². The molecule has 8 bridgehead atoms. The number of fused-ring (bicyclic) bond motifs is 6. The molecule has 76 heavy (non-hydrogen) atoms. The van der Waals surface area contributed by atoms with Gasteiger partial charge in [-0.05, 0) is 80.7 Å². The molecule has 3 unspecified atom stereocenters. The Morgan fingerprint density at radius 3 is 1.55 bits per heavy atom. The molecule has 4 aliphatic heterocycles. The van der Waals surface area contributed by atoms with Crippen LogP contribution in [-0.4, -0.2) is 81.3 Å². The van der Waals surface area contributed by atoms with Gasteiger partial charge in [-0.2, -0.15) is 18.3 Å². The normalized spacial score (nSPS) is 20.3. The second kappa shape index (κ2) is 28.1. The standard InChI is InChI=1S/C64H81N8O4/c1-5-9-41-73-45-37-69-33-17-13-21-57(69)61-49-25-27-51(65-49)62(58-22-14-18-34-70(58)38-46-74-42-10-6-2)53-29-31-55(67-53)64(60-24-16-20-36-72(60)40-48-76-44-12-8-4)56-32-30-54(68-56)63(52-28-26-50(61)66-52)59-23-15-19-35-71(59)39-47-75-43-11-7-3/h13-31,33-36,52,56,63,68H,5-12,32,37-48H2,1-4H3/q+3/p+1. The first-order valence-corrected chi connectivity index (χ1v) is 28.5. The summed E-state index contributed by atoms with van der Waals surface area (Å²) < 4.78 is 34.1. The van der Waals surface area contributed by atoms with Crippen LogP contribution in [0.25, 0.3) is 16.7 Å². The summed E-state index contributed by atoms with van der Waals surface area (Å²) in [7, 11) is 0. The van der Waals surface area contributed by atoms with Crippen molar-refractivity contribution in [3.63, 3.8) is 0 Å². The van der Waals surface area contributed by atoms with E-state index in [1.165, 1.54) is 5.69 Å². The van der Waals surface area contributed by atoms with Crippen molar-refractivity contribution in [3.8, 4) is 0 Å². The van der Waals surface area contributed by atoms with E-state index in [-0.39, 0.29) is 18.0 Å². The van der Waals surface area contributed by atoms with Gasteiger partial charge in [0.05, 0.1) is 56.6 Å². The van der Waals surface area contributed by atoms with Crippen LogP contribution < -0.4 is 34.3 Å². The molecule has 4 aliphatic rings. The van der Waals surface area contributed by atoms with Gasteiger partial charge in [0.15, 0.2) is 56.7 Å². The molecular formula is C64H82N8O4+4. The predicted octanol–water partition coefficient (Wildman–Crippen LogP) is 7.67. The lowest BCUT2D eigenvalue weighted by Gasteiger charge is -2.24. The minimum Gasteiger partial charge on any atom is -0.380 e. The molecule has 0 amide bonds. The summed E-state index contributed by atoms with van der Waals surface area (Å²) in [5.74, 6) is -0.127. The van der Waals surface area contributed by atoms with E-state index >= 15 is 0 Å². The van der Waals surface area contributed by atoms with Crippen molar-refractivity contribution < 1.29 is 37.2 Å². The Kier molecular flexibility index (Phi) is 20.1. The first kappa shape index (κ1) is 54.4. The zero-order valence-corrected chi connectivity index (χ0v) is 45.7. The lowest BCUT2D eigenvalue weighted by Crippen LogP contribution is -2.45. The minimum absolute atomic E-state index is 0.0846. The minimum atomic E-state index is -0.215. The molecular weight excluding hydrogens is 945 g/mol. The number of hydrogen-bond acceptors (Lipinski definition) is 7. The molecule has 0 fully saturated rings. The van der Waals surface area contributed by atoms with Crippen molar-refractivity contribution in [2.24, 2.45) is 9.98 Å². The van der Waals surface area contributed by atoms with E-state index in [4.69, 9.17) is 28.9 Å². The van der Waals surface area contributed by atoms with E-state index in [0.717, 1.165) is 165 Å². The van der Waals surface area contributed by atoms with Crippen molar-refractivity contribution in [1.82, 2.24) is 10.3 Å². The highest BCUT2D eigenvalue weighted by Crippen LogP contribution is 2.38. The predicted molar refractivity (Wildman–Crippen MR) is 301 cm³/mol. The van der Waals surface area contributed by atoms with Crippen molar-refractivity contribution >= 4 is 28.1 Å². The van der Waals surface area contributed by atoms with Crippen molar-refractivity contribution in [2.75, 3.05) is 52.9 Å². The molecule has 3 atom stereocenters. The number of pyridine rings is 4. The number of hydrogen-bond donors (Lipinski definition) is 2. The summed E-state index contributed by atoms with van der Waals surface area (Å²) in [4.78, 5) is 15.6. The van der Waals surface area contributed by atoms with Crippen molar-refractivity contribution in [1.29, 1.82) is 0 Å². The van der Waals surface area contributed by atoms with Gasteiger partial charge in [0.1, 0.15) is 32.3 Å². The average Bonchev–Trinajstić information content (AvgIpc) is 4.34. The van der Waals surface area contributed by atoms with Crippen LogP contribution in [0.4, 0.5) is 0 Å². The van der Waals surface area contributed by atoms with Gasteiger partial charge in [-0.1, -0.05) is 71.6 Å². The van der Waals surface area contributed by atoms with Gasteiger partial charge in [-0.15, -0.1) is 0 Å². The molecule has 0 spiro atoms. The van der Waals surface area contributed by atoms with E-state index < -0.39 is 0 Å². The lowest BCUT2D eigenvalue weighted by atomic mass is 9.92. The summed E-state index contributed by atoms with van der Waals surface area (Å²) in [6.07, 6.45) is 29.6. The summed E-state index contributed by atoms with van der Waals surface area (Å²) in [6, 6.07) is 30.2. The fraction of sp³-hybridized carbons (Fsp3) is 0.438. The number of nitrogens with one attached hydrogen (secondary N) is 2. The van der Waals surface area contributed by atoms with E-state index in [9.17, 15) is 0 Å². The largest absolute Gasteiger partial charge is 0.380 e. The monoisotopic (exact) mass is 1030 g/mol. The summed E-state index contributed by atoms with van der Waals surface area (Å²) >= 11 is 0. The number of unbranched alkanes of at least 4 members (excludes halogenated alkanes) is 4. The smallest absolute Gasteiger partial charge is 0.216 e. The molecule has 9 rings (SSSR count). The third-order valence-corrected chi connectivity index (χ3v) is 14.7. The number of aromatic nitrogens is 5. The number of aliphatic imine (C=N–C) groups is 2. The summed E-state index contributed by atoms with van der Waals surface area (Å²) in [5, 5.41) is 6.13. The molecule has 0 saturated carbocycles. The van der Waals surface area contributed by atoms with Gasteiger partial charge in [0.2, 0.25) is 17.1 Å². The van der Waals surface area contributed by atoms with Crippen LogP contribution in [0, 0.1) is 0 Å². The summed E-state index contributed by atoms with van der Waals surface area (Å²) in [6.45, 7) is 17.2. The van der Waals surface area contributed by atoms with Gasteiger partial charge in [-0.25, -0.2) is 4.99 Å². The number of allylic oxidation sites excluding steroid dienone is 3. The molecule has 5 aromatic heterocycles. The van der Waals surface area contributed by atoms with E-state index in [2.05, 4.69) is 196 Å². The van der Waals surface area contributed by atoms with Gasteiger partial charge >= 0.3 is 0 Å². The zero-order valence-electron chi connectivity index (χ0n) is 45.7. The highest BCUT2D eigenvalue weighted by Gasteiger charge is 2.40. The highest BCUT2D eigenvalue weighted by molar-refractivity contribution is 6.30. The Morgan fingerprint density at radius 2 is 1.00 bits per heavy atom. The molecule has 0 radical (unpaired) electrons. The molecule has 12 heteroatoms. The van der Waals surface area contributed by atoms with Crippen LogP contribution >= 0.6 is 0 Å². The second-order valence-electron chi connectivity index (χ2n) is 20.1. The third-order valence-electron chi connectivity index (χ3n) is 14.7. The maximum atomic E-state index is 6.20. The SMILES string of the molecule is CCCCOCC[n+]1ccccc1/C1=c2\cc/c([nH]2)=C(\c2cccc[n+]2CCOCCCC)C2=NC(C=C2)C(c2cccc[n+]2CCOCCCC)C2=CCC(N2)/C(c2cccc[n+]2CCOCCCC)=C2/C=CC1=N2. The van der Waals surface area contributed by atoms with Crippen molar-refractivity contribution in [2.45, 2.75) is 130 Å². The van der Waals surface area contributed by atoms with E-state index in [1.807, 2.05) is 0 Å². The zero-order chi connectivity index (χ0) is 52.3. The maximum Gasteiger partial charge on any atom is 0.216 e. The molecule has 398 valence electrons. The summed E-state index contributed by atoms with van der Waals surface area (Å²) in [5.41, 5.74) is 11.5. The van der Waals surface area contributed by atoms with Crippen LogP contribution in [0.1, 0.15) is 114 Å². The number of H-pyrrole nitrogens is 1. The molecule has 0 aliphatic carbocycles. The quantitative estimate of drug-likeness (QED) is 0.0396. The van der Waals surface area contributed by atoms with Gasteiger partial charge in [-0.3, -0.25) is 4.99 Å². The van der Waals surface area contributed by atoms with Crippen LogP contribution in [0.3, 0.4) is 0 Å². The Balaban J connectivity index is 1.27. The molecule has 0 saturated heterocycles. The van der Waals surface area contributed by atoms with Crippen LogP contribution in [0.15, 0.2) is 161 Å². The Morgan fingerprint density at radius 1 is 0.513 bits per heavy atom. The second-order valence-corrected chi connectivity index (χ2v) is 20.1. The molecule has 9 heterocycles. The Hall–Kier alpha value is -6.44. The highest BCUT2D eigenvalue weighted by atomic mass is 16.5.